The molecule has 1 aliphatic heterocycles. The summed E-state index contributed by atoms with van der Waals surface area (Å²) in [4.78, 5) is 32.1. The van der Waals surface area contributed by atoms with E-state index in [0.717, 1.165) is 32.2 Å². The Labute approximate surface area is 270 Å². The number of aliphatic hydroxyl groups excluding tert-OH is 1. The number of aliphatic hydroxyl groups is 1. The topological polar surface area (TPSA) is 117 Å². The summed E-state index contributed by atoms with van der Waals surface area (Å²) in [5.41, 5.74) is 5.62. The summed E-state index contributed by atoms with van der Waals surface area (Å²) >= 11 is 1.63. The van der Waals surface area contributed by atoms with E-state index >= 15 is 0 Å². The highest BCUT2D eigenvalue weighted by Crippen LogP contribution is 2.34. The Morgan fingerprint density at radius 3 is 2.61 bits per heavy atom. The van der Waals surface area contributed by atoms with Gasteiger partial charge in [-0.1, -0.05) is 24.3 Å². The average Bonchev–Trinajstić information content (AvgIpc) is 3.58. The monoisotopic (exact) mass is 640 g/mol. The number of allylic oxidation sites excluding steroid dienone is 1. The van der Waals surface area contributed by atoms with Gasteiger partial charge in [-0.15, -0.1) is 11.3 Å². The van der Waals surface area contributed by atoms with Gasteiger partial charge in [-0.3, -0.25) is 14.3 Å². The number of rotatable bonds is 11. The molecule has 3 aromatic carbocycles. The van der Waals surface area contributed by atoms with E-state index in [4.69, 9.17) is 24.3 Å². The van der Waals surface area contributed by atoms with Crippen molar-refractivity contribution in [3.63, 3.8) is 0 Å². The number of aromatic nitrogens is 3. The summed E-state index contributed by atoms with van der Waals surface area (Å²) in [5.74, 6) is -0.821. The van der Waals surface area contributed by atoms with Gasteiger partial charge < -0.3 is 24.6 Å². The molecule has 0 aliphatic carbocycles. The fourth-order valence-electron chi connectivity index (χ4n) is 5.58. The van der Waals surface area contributed by atoms with E-state index < -0.39 is 18.1 Å². The van der Waals surface area contributed by atoms with Crippen molar-refractivity contribution in [1.29, 1.82) is 0 Å². The zero-order valence-corrected chi connectivity index (χ0v) is 26.8. The van der Waals surface area contributed by atoms with E-state index in [9.17, 15) is 9.59 Å². The minimum absolute atomic E-state index is 0.0667. The number of fused-ring (bicyclic) bond motifs is 1. The van der Waals surface area contributed by atoms with Crippen LogP contribution in [0.5, 0.6) is 0 Å². The minimum atomic E-state index is -0.789. The van der Waals surface area contributed by atoms with E-state index in [1.54, 1.807) is 22.1 Å². The molecule has 0 saturated heterocycles. The zero-order valence-electron chi connectivity index (χ0n) is 25.9. The minimum Gasteiger partial charge on any atom is -0.459 e. The van der Waals surface area contributed by atoms with Crippen LogP contribution in [0.2, 0.25) is 0 Å². The van der Waals surface area contributed by atoms with Crippen molar-refractivity contribution in [2.24, 2.45) is 7.05 Å². The first kappa shape index (κ1) is 31.4. The van der Waals surface area contributed by atoms with E-state index in [-0.39, 0.29) is 37.7 Å². The number of nitrogens with one attached hydrogen (secondary N) is 1. The molecule has 46 heavy (non-hydrogen) atoms. The maximum absolute atomic E-state index is 13.8. The lowest BCUT2D eigenvalue weighted by Crippen LogP contribution is -2.32. The van der Waals surface area contributed by atoms with Crippen LogP contribution < -0.4 is 10.9 Å². The third kappa shape index (κ3) is 6.68. The van der Waals surface area contributed by atoms with Crippen molar-refractivity contribution in [2.75, 3.05) is 31.7 Å². The van der Waals surface area contributed by atoms with Gasteiger partial charge in [0.15, 0.2) is 5.76 Å². The van der Waals surface area contributed by atoms with E-state index in [1.165, 1.54) is 5.56 Å². The smallest absolute Gasteiger partial charge is 0.290 e. The zero-order chi connectivity index (χ0) is 32.2. The number of hydrogen-bond donors (Lipinski definition) is 2. The van der Waals surface area contributed by atoms with Crippen LogP contribution in [-0.4, -0.2) is 58.1 Å². The fraction of sp³-hybridized carbons (Fsp3) is 0.286. The van der Waals surface area contributed by atoms with Crippen molar-refractivity contribution in [1.82, 2.24) is 14.3 Å². The van der Waals surface area contributed by atoms with Gasteiger partial charge in [0, 0.05) is 41.9 Å². The average molecular weight is 641 g/mol. The van der Waals surface area contributed by atoms with Crippen molar-refractivity contribution < 1.29 is 24.1 Å². The lowest BCUT2D eigenvalue weighted by Gasteiger charge is -2.29. The van der Waals surface area contributed by atoms with Crippen LogP contribution in [-0.2, 0) is 26.1 Å². The Morgan fingerprint density at radius 1 is 1.07 bits per heavy atom. The van der Waals surface area contributed by atoms with E-state index in [1.807, 2.05) is 79.3 Å². The van der Waals surface area contributed by atoms with Gasteiger partial charge in [0.05, 0.1) is 42.3 Å². The molecule has 0 unspecified atom stereocenters. The molecule has 3 heterocycles. The predicted molar refractivity (Wildman–Crippen MR) is 178 cm³/mol. The molecule has 238 valence electrons. The number of carbonyl (C=O) groups excluding carboxylic acids is 1. The highest BCUT2D eigenvalue weighted by molar-refractivity contribution is 7.21. The molecule has 2 N–H and O–H groups in total. The van der Waals surface area contributed by atoms with Crippen LogP contribution >= 0.6 is 11.3 Å². The van der Waals surface area contributed by atoms with Crippen molar-refractivity contribution in [3.05, 3.63) is 112 Å². The Bertz CT molecular complexity index is 1930. The number of nitrogens with zero attached hydrogens (tertiary/aromatic N) is 3. The van der Waals surface area contributed by atoms with Crippen LogP contribution in [0.4, 0.5) is 5.69 Å². The molecule has 6 rings (SSSR count). The normalized spacial score (nSPS) is 16.3. The highest BCUT2D eigenvalue weighted by atomic mass is 32.1. The summed E-state index contributed by atoms with van der Waals surface area (Å²) in [6.45, 7) is 4.52. The second kappa shape index (κ2) is 13.8. The lowest BCUT2D eigenvalue weighted by molar-refractivity contribution is -0.148. The molecular formula is C35H36N4O6S. The number of para-hydroxylation sites is 1. The first-order valence-corrected chi connectivity index (χ1v) is 16.0. The van der Waals surface area contributed by atoms with Crippen molar-refractivity contribution >= 4 is 33.1 Å². The lowest BCUT2D eigenvalue weighted by atomic mass is 9.93. The summed E-state index contributed by atoms with van der Waals surface area (Å²) < 4.78 is 21.9. The van der Waals surface area contributed by atoms with Crippen LogP contribution in [0.15, 0.2) is 89.4 Å². The number of hydrogen-bond acceptors (Lipinski definition) is 8. The summed E-state index contributed by atoms with van der Waals surface area (Å²) in [6, 6.07) is 23.2. The third-order valence-electron chi connectivity index (χ3n) is 7.95. The highest BCUT2D eigenvalue weighted by Gasteiger charge is 2.33. The molecule has 0 radical (unpaired) electrons. The van der Waals surface area contributed by atoms with Crippen LogP contribution in [0.25, 0.3) is 26.5 Å². The van der Waals surface area contributed by atoms with Gasteiger partial charge in [0.25, 0.3) is 11.5 Å². The Balaban J connectivity index is 1.24. The first-order valence-electron chi connectivity index (χ1n) is 15.1. The molecule has 0 fully saturated rings. The summed E-state index contributed by atoms with van der Waals surface area (Å²) in [5, 5.41) is 12.8. The second-order valence-electron chi connectivity index (χ2n) is 11.1. The number of ether oxygens (including phenoxy) is 3. The molecule has 1 amide bonds. The second-order valence-corrected chi connectivity index (χ2v) is 12.2. The SMILES string of the molecule is Cc1ccc2nc(-c3ccc(NC(=O)C4=C[C@@H](c5c(C)n(C)n(-c6ccccc6)c5=O)C[C@@H](OCCOCCO)O4)cc3)sc2c1. The van der Waals surface area contributed by atoms with Gasteiger partial charge in [-0.2, -0.15) is 0 Å². The number of aryl methyl sites for hydroxylation is 1. The van der Waals surface area contributed by atoms with E-state index in [0.29, 0.717) is 17.7 Å². The molecular weight excluding hydrogens is 604 g/mol. The van der Waals surface area contributed by atoms with Crippen molar-refractivity contribution in [3.8, 4) is 16.3 Å². The number of benzene rings is 3. The van der Waals surface area contributed by atoms with Crippen LogP contribution in [0, 0.1) is 13.8 Å². The van der Waals surface area contributed by atoms with Gasteiger partial charge in [-0.25, -0.2) is 9.67 Å². The largest absolute Gasteiger partial charge is 0.459 e. The number of carbonyl (C=O) groups is 1. The molecule has 5 aromatic rings. The molecule has 2 aromatic heterocycles. The molecule has 0 spiro atoms. The molecule has 2 atom stereocenters. The number of amides is 1. The Morgan fingerprint density at radius 2 is 1.85 bits per heavy atom. The van der Waals surface area contributed by atoms with E-state index in [2.05, 4.69) is 24.4 Å². The third-order valence-corrected chi connectivity index (χ3v) is 9.02. The molecule has 1 aliphatic rings. The van der Waals surface area contributed by atoms with Gasteiger partial charge in [0.2, 0.25) is 6.29 Å². The quantitative estimate of drug-likeness (QED) is 0.185. The van der Waals surface area contributed by atoms with Crippen LogP contribution in [0.1, 0.15) is 29.2 Å². The Hall–Kier alpha value is -4.55. The van der Waals surface area contributed by atoms with Gasteiger partial charge >= 0.3 is 0 Å². The summed E-state index contributed by atoms with van der Waals surface area (Å²) in [7, 11) is 1.84. The molecule has 10 nitrogen and oxygen atoms in total. The molecule has 0 saturated carbocycles. The maximum Gasteiger partial charge on any atom is 0.290 e. The number of thiazole rings is 1. The first-order chi connectivity index (χ1) is 22.3. The number of anilines is 1. The van der Waals surface area contributed by atoms with Gasteiger partial charge in [-0.05, 0) is 74.0 Å². The predicted octanol–water partition coefficient (Wildman–Crippen LogP) is 5.45. The maximum atomic E-state index is 13.8. The Kier molecular flexibility index (Phi) is 9.46. The van der Waals surface area contributed by atoms with Gasteiger partial charge in [0.1, 0.15) is 5.01 Å². The molecule has 0 bridgehead atoms. The standard InChI is InChI=1S/C35H36N4O6S/c1-22-9-14-28-30(19-22)46-34(37-28)24-10-12-26(13-11-24)36-33(41)29-20-25(21-31(45-29)44-18-17-43-16-15-40)32-23(2)38(3)39(35(32)42)27-7-5-4-6-8-27/h4-14,19-20,25,31,40H,15-18,21H2,1-3H3,(H,36,41)/t25-,31+/m1/s1. The van der Waals surface area contributed by atoms with Crippen molar-refractivity contribution in [2.45, 2.75) is 32.5 Å². The van der Waals surface area contributed by atoms with Crippen LogP contribution in [0.3, 0.4) is 0 Å². The fourth-order valence-corrected chi connectivity index (χ4v) is 6.65. The summed E-state index contributed by atoms with van der Waals surface area (Å²) in [6.07, 6.45) is 1.25. The molecule has 11 heteroatoms.